The number of hydrogen-bond acceptors (Lipinski definition) is 1. The molecule has 0 heterocycles. The maximum atomic E-state index is 13.4. The summed E-state index contributed by atoms with van der Waals surface area (Å²) in [5.74, 6) is -9.10. The summed E-state index contributed by atoms with van der Waals surface area (Å²) < 4.78 is 65.6. The zero-order chi connectivity index (χ0) is 14.7. The quantitative estimate of drug-likeness (QED) is 0.479. The minimum Gasteiger partial charge on any atom is -0.380 e. The maximum Gasteiger partial charge on any atom is 0.200 e. The van der Waals surface area contributed by atoms with E-state index in [0.29, 0.717) is 12.3 Å². The van der Waals surface area contributed by atoms with Crippen molar-refractivity contribution in [1.29, 1.82) is 0 Å². The first kappa shape index (κ1) is 15.1. The van der Waals surface area contributed by atoms with Gasteiger partial charge in [-0.1, -0.05) is 32.1 Å². The van der Waals surface area contributed by atoms with Gasteiger partial charge in [-0.25, -0.2) is 22.0 Å². The molecule has 1 N–H and O–H groups in total. The molecular formula is C14H16F5N. The molecule has 0 unspecified atom stereocenters. The Balaban J connectivity index is 2.02. The van der Waals surface area contributed by atoms with Crippen molar-refractivity contribution in [1.82, 2.24) is 0 Å². The lowest BCUT2D eigenvalue weighted by Gasteiger charge is -2.21. The summed E-state index contributed by atoms with van der Waals surface area (Å²) in [7, 11) is 0. The van der Waals surface area contributed by atoms with Crippen LogP contribution in [0.1, 0.15) is 38.5 Å². The van der Waals surface area contributed by atoms with Crippen molar-refractivity contribution in [2.75, 3.05) is 11.9 Å². The molecule has 2 rings (SSSR count). The number of benzene rings is 1. The van der Waals surface area contributed by atoms with Gasteiger partial charge < -0.3 is 5.32 Å². The first-order valence-corrected chi connectivity index (χ1v) is 6.77. The summed E-state index contributed by atoms with van der Waals surface area (Å²) in [4.78, 5) is 0. The van der Waals surface area contributed by atoms with Gasteiger partial charge in [0.25, 0.3) is 0 Å². The topological polar surface area (TPSA) is 12.0 Å². The average Bonchev–Trinajstić information content (AvgIpc) is 2.48. The lowest BCUT2D eigenvalue weighted by molar-refractivity contribution is 0.344. The standard InChI is InChI=1S/C14H16F5N/c15-9-10(16)12(18)14(13(19)11(9)17)20-7-6-8-4-2-1-3-5-8/h8,20H,1-7H2. The molecule has 1 fully saturated rings. The predicted molar refractivity (Wildman–Crippen MR) is 65.9 cm³/mol. The van der Waals surface area contributed by atoms with Crippen molar-refractivity contribution in [3.8, 4) is 0 Å². The Morgan fingerprint density at radius 2 is 1.25 bits per heavy atom. The van der Waals surface area contributed by atoms with E-state index in [1.807, 2.05) is 0 Å². The van der Waals surface area contributed by atoms with Gasteiger partial charge in [-0.2, -0.15) is 0 Å². The van der Waals surface area contributed by atoms with Gasteiger partial charge in [0.15, 0.2) is 23.3 Å². The smallest absolute Gasteiger partial charge is 0.200 e. The van der Waals surface area contributed by atoms with Crippen molar-refractivity contribution in [2.24, 2.45) is 5.92 Å². The lowest BCUT2D eigenvalue weighted by atomic mass is 9.87. The molecule has 0 amide bonds. The van der Waals surface area contributed by atoms with Gasteiger partial charge in [-0.3, -0.25) is 0 Å². The molecule has 1 nitrogen and oxygen atoms in total. The molecule has 6 heteroatoms. The van der Waals surface area contributed by atoms with E-state index in [1.54, 1.807) is 0 Å². The zero-order valence-electron chi connectivity index (χ0n) is 10.9. The highest BCUT2D eigenvalue weighted by Gasteiger charge is 2.25. The van der Waals surface area contributed by atoms with Crippen LogP contribution >= 0.6 is 0 Å². The van der Waals surface area contributed by atoms with Crippen LogP contribution in [0.3, 0.4) is 0 Å². The van der Waals surface area contributed by atoms with Crippen LogP contribution in [0.4, 0.5) is 27.6 Å². The molecule has 1 saturated carbocycles. The molecule has 112 valence electrons. The lowest BCUT2D eigenvalue weighted by Crippen LogP contribution is -2.15. The highest BCUT2D eigenvalue weighted by molar-refractivity contribution is 5.47. The Bertz CT molecular complexity index is 454. The van der Waals surface area contributed by atoms with Crippen LogP contribution in [0, 0.1) is 35.0 Å². The summed E-state index contributed by atoms with van der Waals surface area (Å²) in [6.45, 7) is 0.197. The molecule has 0 bridgehead atoms. The molecule has 1 aromatic rings. The number of hydrogen-bond donors (Lipinski definition) is 1. The van der Waals surface area contributed by atoms with Gasteiger partial charge in [0, 0.05) is 6.54 Å². The number of nitrogens with one attached hydrogen (secondary N) is 1. The Morgan fingerprint density at radius 1 is 0.750 bits per heavy atom. The van der Waals surface area contributed by atoms with Crippen molar-refractivity contribution in [3.63, 3.8) is 0 Å². The van der Waals surface area contributed by atoms with Crippen LogP contribution in [0.15, 0.2) is 0 Å². The van der Waals surface area contributed by atoms with Crippen LogP contribution in [0.5, 0.6) is 0 Å². The molecule has 1 aliphatic rings. The molecule has 0 saturated heterocycles. The number of rotatable bonds is 4. The minimum absolute atomic E-state index is 0.197. The first-order valence-electron chi connectivity index (χ1n) is 6.77. The molecule has 20 heavy (non-hydrogen) atoms. The van der Waals surface area contributed by atoms with Gasteiger partial charge in [0.2, 0.25) is 5.82 Å². The van der Waals surface area contributed by atoms with E-state index in [1.165, 1.54) is 6.42 Å². The van der Waals surface area contributed by atoms with Crippen molar-refractivity contribution >= 4 is 5.69 Å². The summed E-state index contributed by atoms with van der Waals surface area (Å²) in [5, 5.41) is 2.34. The van der Waals surface area contributed by atoms with Crippen LogP contribution in [0.25, 0.3) is 0 Å². The normalized spacial score (nSPS) is 16.4. The van der Waals surface area contributed by atoms with Crippen LogP contribution in [-0.2, 0) is 0 Å². The first-order chi connectivity index (χ1) is 9.52. The van der Waals surface area contributed by atoms with E-state index in [9.17, 15) is 22.0 Å². The zero-order valence-corrected chi connectivity index (χ0v) is 10.9. The van der Waals surface area contributed by atoms with E-state index < -0.39 is 34.8 Å². The van der Waals surface area contributed by atoms with Gasteiger partial charge in [-0.05, 0) is 12.3 Å². The third kappa shape index (κ3) is 3.04. The number of halogens is 5. The second-order valence-electron chi connectivity index (χ2n) is 5.16. The summed E-state index contributed by atoms with van der Waals surface area (Å²) in [6, 6.07) is 0. The molecule has 0 atom stereocenters. The highest BCUT2D eigenvalue weighted by atomic mass is 19.2. The molecule has 0 aromatic heterocycles. The Morgan fingerprint density at radius 3 is 1.80 bits per heavy atom. The van der Waals surface area contributed by atoms with E-state index in [2.05, 4.69) is 5.32 Å². The summed E-state index contributed by atoms with van der Waals surface area (Å²) in [5.41, 5.74) is -0.933. The number of anilines is 1. The highest BCUT2D eigenvalue weighted by Crippen LogP contribution is 2.29. The van der Waals surface area contributed by atoms with Crippen LogP contribution < -0.4 is 5.32 Å². The van der Waals surface area contributed by atoms with Crippen molar-refractivity contribution in [3.05, 3.63) is 29.1 Å². The SMILES string of the molecule is Fc1c(F)c(F)c(NCCC2CCCCC2)c(F)c1F. The van der Waals surface area contributed by atoms with E-state index in [0.717, 1.165) is 25.7 Å². The molecule has 0 radical (unpaired) electrons. The third-order valence-corrected chi connectivity index (χ3v) is 3.79. The predicted octanol–water partition coefficient (Wildman–Crippen LogP) is 4.76. The second kappa shape index (κ2) is 6.41. The van der Waals surface area contributed by atoms with Crippen molar-refractivity contribution in [2.45, 2.75) is 38.5 Å². The summed E-state index contributed by atoms with van der Waals surface area (Å²) >= 11 is 0. The Kier molecular flexibility index (Phi) is 4.83. The average molecular weight is 293 g/mol. The monoisotopic (exact) mass is 293 g/mol. The van der Waals surface area contributed by atoms with E-state index >= 15 is 0 Å². The van der Waals surface area contributed by atoms with Crippen LogP contribution in [0.2, 0.25) is 0 Å². The fraction of sp³-hybridized carbons (Fsp3) is 0.571. The van der Waals surface area contributed by atoms with E-state index in [-0.39, 0.29) is 6.54 Å². The largest absolute Gasteiger partial charge is 0.380 e. The minimum atomic E-state index is -2.13. The summed E-state index contributed by atoms with van der Waals surface area (Å²) in [6.07, 6.45) is 6.24. The fourth-order valence-electron chi connectivity index (χ4n) is 2.64. The molecule has 0 aliphatic heterocycles. The van der Waals surface area contributed by atoms with Gasteiger partial charge >= 0.3 is 0 Å². The fourth-order valence-corrected chi connectivity index (χ4v) is 2.64. The Labute approximate surface area is 114 Å². The Hall–Kier alpha value is -1.33. The van der Waals surface area contributed by atoms with Crippen molar-refractivity contribution < 1.29 is 22.0 Å². The molecule has 1 aliphatic carbocycles. The van der Waals surface area contributed by atoms with E-state index in [4.69, 9.17) is 0 Å². The second-order valence-corrected chi connectivity index (χ2v) is 5.16. The van der Waals surface area contributed by atoms with Crippen LogP contribution in [-0.4, -0.2) is 6.54 Å². The third-order valence-electron chi connectivity index (χ3n) is 3.79. The molecular weight excluding hydrogens is 277 g/mol. The van der Waals surface area contributed by atoms with Gasteiger partial charge in [0.05, 0.1) is 0 Å². The maximum absolute atomic E-state index is 13.4. The molecule has 1 aromatic carbocycles. The van der Waals surface area contributed by atoms with Gasteiger partial charge in [0.1, 0.15) is 5.69 Å². The van der Waals surface area contributed by atoms with Gasteiger partial charge in [-0.15, -0.1) is 0 Å². The molecule has 0 spiro atoms.